The van der Waals surface area contributed by atoms with Gasteiger partial charge in [0.05, 0.1) is 22.8 Å². The number of amides is 1. The molecule has 2 aromatic carbocycles. The second-order valence-corrected chi connectivity index (χ2v) is 8.92. The van der Waals surface area contributed by atoms with Gasteiger partial charge in [-0.05, 0) is 42.8 Å². The van der Waals surface area contributed by atoms with Gasteiger partial charge in [0.15, 0.2) is 5.13 Å². The molecule has 1 saturated heterocycles. The highest BCUT2D eigenvalue weighted by Crippen LogP contribution is 2.31. The molecule has 1 aromatic heterocycles. The van der Waals surface area contributed by atoms with Crippen molar-refractivity contribution in [3.8, 4) is 5.75 Å². The lowest BCUT2D eigenvalue weighted by Crippen LogP contribution is -2.48. The Hall–Kier alpha value is -2.48. The number of carbonyl (C=O) groups is 1. The summed E-state index contributed by atoms with van der Waals surface area (Å²) in [4.78, 5) is 21.5. The van der Waals surface area contributed by atoms with Crippen molar-refractivity contribution in [2.45, 2.75) is 6.92 Å². The lowest BCUT2D eigenvalue weighted by Gasteiger charge is -2.36. The van der Waals surface area contributed by atoms with Crippen LogP contribution in [0.1, 0.15) is 16.1 Å². The molecule has 1 N–H and O–H groups in total. The summed E-state index contributed by atoms with van der Waals surface area (Å²) in [6.45, 7) is 4.69. The normalized spacial score (nSPS) is 13.9. The Kier molecular flexibility index (Phi) is 6.55. The summed E-state index contributed by atoms with van der Waals surface area (Å²) in [5.41, 5.74) is 3.39. The molecule has 4 rings (SSSR count). The molecule has 0 bridgehead atoms. The first-order valence-corrected chi connectivity index (χ1v) is 11.4. The number of anilines is 3. The van der Waals surface area contributed by atoms with Crippen LogP contribution < -0.4 is 15.0 Å². The largest absolute Gasteiger partial charge is 0.495 e. The first-order chi connectivity index (χ1) is 14.9. The van der Waals surface area contributed by atoms with Crippen molar-refractivity contribution in [1.29, 1.82) is 0 Å². The standard InChI is InChI=1S/C22H22Cl2N4O2S/c1-14-3-6-20(30-2)18(11-14)25-22-26-19(13-31-22)21(29)28-9-7-27(8-10-28)15-4-5-16(23)17(24)12-15/h3-6,11-13H,7-10H2,1-2H3,(H,25,26). The molecule has 1 fully saturated rings. The summed E-state index contributed by atoms with van der Waals surface area (Å²) in [6.07, 6.45) is 0. The van der Waals surface area contributed by atoms with Gasteiger partial charge in [-0.15, -0.1) is 11.3 Å². The highest BCUT2D eigenvalue weighted by atomic mass is 35.5. The van der Waals surface area contributed by atoms with Crippen molar-refractivity contribution < 1.29 is 9.53 Å². The molecule has 3 aromatic rings. The molecule has 0 aliphatic carbocycles. The van der Waals surface area contributed by atoms with Gasteiger partial charge in [-0.3, -0.25) is 4.79 Å². The monoisotopic (exact) mass is 476 g/mol. The fraction of sp³-hybridized carbons (Fsp3) is 0.273. The third kappa shape index (κ3) is 4.89. The molecular formula is C22H22Cl2N4O2S. The van der Waals surface area contributed by atoms with E-state index < -0.39 is 0 Å². The van der Waals surface area contributed by atoms with Gasteiger partial charge in [0.1, 0.15) is 11.4 Å². The van der Waals surface area contributed by atoms with Gasteiger partial charge < -0.3 is 19.9 Å². The molecule has 0 radical (unpaired) electrons. The van der Waals surface area contributed by atoms with E-state index in [4.69, 9.17) is 27.9 Å². The SMILES string of the molecule is COc1ccc(C)cc1Nc1nc(C(=O)N2CCN(c3ccc(Cl)c(Cl)c3)CC2)cs1. The number of ether oxygens (including phenoxy) is 1. The number of hydrogen-bond donors (Lipinski definition) is 1. The second kappa shape index (κ2) is 9.34. The maximum absolute atomic E-state index is 12.9. The minimum absolute atomic E-state index is 0.0608. The summed E-state index contributed by atoms with van der Waals surface area (Å²) < 4.78 is 5.40. The van der Waals surface area contributed by atoms with Crippen LogP contribution in [-0.2, 0) is 0 Å². The number of nitrogens with one attached hydrogen (secondary N) is 1. The van der Waals surface area contributed by atoms with Crippen LogP contribution in [0.25, 0.3) is 0 Å². The predicted octanol–water partition coefficient (Wildman–Crippen LogP) is 5.47. The molecule has 9 heteroatoms. The van der Waals surface area contributed by atoms with Gasteiger partial charge in [-0.2, -0.15) is 0 Å². The number of thiazole rings is 1. The van der Waals surface area contributed by atoms with Crippen LogP contribution in [0.15, 0.2) is 41.8 Å². The summed E-state index contributed by atoms with van der Waals surface area (Å²) >= 11 is 13.5. The maximum atomic E-state index is 12.9. The smallest absolute Gasteiger partial charge is 0.273 e. The number of piperazine rings is 1. The van der Waals surface area contributed by atoms with Gasteiger partial charge in [-0.1, -0.05) is 29.3 Å². The molecule has 6 nitrogen and oxygen atoms in total. The van der Waals surface area contributed by atoms with E-state index in [2.05, 4.69) is 15.2 Å². The number of benzene rings is 2. The molecule has 162 valence electrons. The van der Waals surface area contributed by atoms with Crippen molar-refractivity contribution in [2.75, 3.05) is 43.5 Å². The third-order valence-corrected chi connectivity index (χ3v) is 6.65. The molecule has 0 spiro atoms. The highest BCUT2D eigenvalue weighted by molar-refractivity contribution is 7.14. The zero-order valence-electron chi connectivity index (χ0n) is 17.2. The molecule has 0 saturated carbocycles. The minimum Gasteiger partial charge on any atom is -0.495 e. The van der Waals surface area contributed by atoms with Gasteiger partial charge in [0.2, 0.25) is 0 Å². The van der Waals surface area contributed by atoms with Crippen LogP contribution in [0.5, 0.6) is 5.75 Å². The molecule has 1 amide bonds. The number of carbonyl (C=O) groups excluding carboxylic acids is 1. The lowest BCUT2D eigenvalue weighted by molar-refractivity contribution is 0.0742. The summed E-state index contributed by atoms with van der Waals surface area (Å²) in [6, 6.07) is 11.5. The van der Waals surface area contributed by atoms with Gasteiger partial charge in [-0.25, -0.2) is 4.98 Å². The Morgan fingerprint density at radius 3 is 2.58 bits per heavy atom. The molecule has 0 atom stereocenters. The van der Waals surface area contributed by atoms with E-state index in [9.17, 15) is 4.79 Å². The summed E-state index contributed by atoms with van der Waals surface area (Å²) in [7, 11) is 1.63. The quantitative estimate of drug-likeness (QED) is 0.528. The number of aryl methyl sites for hydroxylation is 1. The number of aromatic nitrogens is 1. The minimum atomic E-state index is -0.0608. The topological polar surface area (TPSA) is 57.7 Å². The van der Waals surface area contributed by atoms with E-state index in [1.165, 1.54) is 11.3 Å². The summed E-state index contributed by atoms with van der Waals surface area (Å²) in [5, 5.41) is 6.78. The third-order valence-electron chi connectivity index (χ3n) is 5.16. The Balaban J connectivity index is 1.39. The Morgan fingerprint density at radius 2 is 1.87 bits per heavy atom. The average molecular weight is 477 g/mol. The first kappa shape index (κ1) is 21.7. The highest BCUT2D eigenvalue weighted by Gasteiger charge is 2.24. The van der Waals surface area contributed by atoms with Crippen LogP contribution in [0.2, 0.25) is 10.0 Å². The van der Waals surface area contributed by atoms with Crippen molar-refractivity contribution in [2.24, 2.45) is 0 Å². The fourth-order valence-corrected chi connectivity index (χ4v) is 4.46. The summed E-state index contributed by atoms with van der Waals surface area (Å²) in [5.74, 6) is 0.668. The molecule has 2 heterocycles. The first-order valence-electron chi connectivity index (χ1n) is 9.81. The average Bonchev–Trinajstić information content (AvgIpc) is 3.24. The maximum Gasteiger partial charge on any atom is 0.273 e. The van der Waals surface area contributed by atoms with Crippen LogP contribution in [-0.4, -0.2) is 49.1 Å². The zero-order valence-corrected chi connectivity index (χ0v) is 19.5. The number of halogens is 2. The Bertz CT molecular complexity index is 1100. The van der Waals surface area contributed by atoms with Gasteiger partial charge in [0, 0.05) is 37.2 Å². The molecular weight excluding hydrogens is 455 g/mol. The number of rotatable bonds is 5. The Morgan fingerprint density at radius 1 is 1.10 bits per heavy atom. The molecule has 31 heavy (non-hydrogen) atoms. The Labute approximate surface area is 195 Å². The van der Waals surface area contributed by atoms with Crippen LogP contribution in [0, 0.1) is 6.92 Å². The van der Waals surface area contributed by atoms with Gasteiger partial charge in [0.25, 0.3) is 5.91 Å². The van der Waals surface area contributed by atoms with Crippen molar-refractivity contribution in [1.82, 2.24) is 9.88 Å². The van der Waals surface area contributed by atoms with Crippen LogP contribution in [0.4, 0.5) is 16.5 Å². The van der Waals surface area contributed by atoms with E-state index in [1.54, 1.807) is 18.6 Å². The number of nitrogens with zero attached hydrogens (tertiary/aromatic N) is 3. The van der Waals surface area contributed by atoms with E-state index >= 15 is 0 Å². The van der Waals surface area contributed by atoms with E-state index in [1.807, 2.05) is 42.2 Å². The van der Waals surface area contributed by atoms with Crippen molar-refractivity contribution in [3.05, 3.63) is 63.1 Å². The number of methoxy groups -OCH3 is 1. The second-order valence-electron chi connectivity index (χ2n) is 7.24. The molecule has 1 aliphatic rings. The van der Waals surface area contributed by atoms with Crippen molar-refractivity contribution in [3.63, 3.8) is 0 Å². The van der Waals surface area contributed by atoms with Crippen molar-refractivity contribution >= 4 is 57.0 Å². The lowest BCUT2D eigenvalue weighted by atomic mass is 10.2. The zero-order chi connectivity index (χ0) is 22.0. The molecule has 0 unspecified atom stereocenters. The van der Waals surface area contributed by atoms with Crippen LogP contribution >= 0.6 is 34.5 Å². The molecule has 1 aliphatic heterocycles. The van der Waals surface area contributed by atoms with E-state index in [-0.39, 0.29) is 5.91 Å². The fourth-order valence-electron chi connectivity index (χ4n) is 3.48. The number of hydrogen-bond acceptors (Lipinski definition) is 6. The van der Waals surface area contributed by atoms with Crippen LogP contribution in [0.3, 0.4) is 0 Å². The van der Waals surface area contributed by atoms with E-state index in [0.29, 0.717) is 34.0 Å². The van der Waals surface area contributed by atoms with Gasteiger partial charge >= 0.3 is 0 Å². The predicted molar refractivity (Wildman–Crippen MR) is 128 cm³/mol. The van der Waals surface area contributed by atoms with E-state index in [0.717, 1.165) is 35.8 Å².